The molecular weight excluding hydrogens is 577 g/mol. The molecule has 4 amide bonds. The van der Waals surface area contributed by atoms with Crippen LogP contribution in [0.1, 0.15) is 16.7 Å². The molecule has 0 unspecified atom stereocenters. The first-order valence-electron chi connectivity index (χ1n) is 14.6. The van der Waals surface area contributed by atoms with Crippen molar-refractivity contribution in [2.75, 3.05) is 26.2 Å². The summed E-state index contributed by atoms with van der Waals surface area (Å²) in [6.45, 7) is 8.49. The second kappa shape index (κ2) is 14.1. The molecule has 0 spiro atoms. The monoisotopic (exact) mass is 613 g/mol. The third-order valence-electron chi connectivity index (χ3n) is 7.87. The molecule has 0 bridgehead atoms. The van der Waals surface area contributed by atoms with Gasteiger partial charge >= 0.3 is 6.03 Å². The van der Waals surface area contributed by atoms with Gasteiger partial charge in [-0.25, -0.2) is 14.2 Å². The Morgan fingerprint density at radius 3 is 2.38 bits per heavy atom. The van der Waals surface area contributed by atoms with Crippen molar-refractivity contribution in [3.8, 4) is 5.75 Å². The number of urea groups is 1. The normalized spacial score (nSPS) is 18.1. The van der Waals surface area contributed by atoms with Gasteiger partial charge in [0.25, 0.3) is 0 Å². The molecule has 5 rings (SSSR count). The summed E-state index contributed by atoms with van der Waals surface area (Å²) in [5.74, 6) is -0.868. The van der Waals surface area contributed by atoms with E-state index in [2.05, 4.69) is 18.5 Å². The van der Waals surface area contributed by atoms with Crippen molar-refractivity contribution in [2.45, 2.75) is 31.8 Å². The number of phenols is 1. The largest absolute Gasteiger partial charge is 0.508 e. The number of allylic oxidation sites excluding steroid dienone is 1. The fraction of sp³-hybridized carbons (Fsp3) is 0.265. The van der Waals surface area contributed by atoms with Gasteiger partial charge in [-0.1, -0.05) is 67.8 Å². The molecule has 3 aromatic rings. The highest BCUT2D eigenvalue weighted by atomic mass is 19.1. The molecule has 2 saturated heterocycles. The number of carbonyl (C=O) groups is 3. The molecule has 2 aliphatic heterocycles. The van der Waals surface area contributed by atoms with E-state index in [9.17, 15) is 23.9 Å². The minimum atomic E-state index is -0.915. The van der Waals surface area contributed by atoms with Gasteiger partial charge in [-0.15, -0.1) is 0 Å². The van der Waals surface area contributed by atoms with E-state index in [0.29, 0.717) is 5.70 Å². The zero-order chi connectivity index (χ0) is 31.9. The lowest BCUT2D eigenvalue weighted by Crippen LogP contribution is -2.76. The molecule has 0 radical (unpaired) electrons. The summed E-state index contributed by atoms with van der Waals surface area (Å²) in [6, 6.07) is 20.5. The molecule has 45 heavy (non-hydrogen) atoms. The van der Waals surface area contributed by atoms with E-state index in [1.807, 2.05) is 30.3 Å². The van der Waals surface area contributed by atoms with Crippen LogP contribution in [0.25, 0.3) is 0 Å². The highest BCUT2D eigenvalue weighted by Gasteiger charge is 2.51. The number of benzene rings is 3. The molecule has 234 valence electrons. The van der Waals surface area contributed by atoms with Gasteiger partial charge in [0.2, 0.25) is 11.8 Å². The fourth-order valence-corrected chi connectivity index (χ4v) is 5.53. The number of carbonyl (C=O) groups excluding carboxylic acids is 3. The van der Waals surface area contributed by atoms with Crippen LogP contribution >= 0.6 is 0 Å². The molecule has 2 atom stereocenters. The predicted octanol–water partition coefficient (Wildman–Crippen LogP) is 3.80. The summed E-state index contributed by atoms with van der Waals surface area (Å²) in [7, 11) is 0. The number of fused-ring (bicyclic) bond motifs is 1. The van der Waals surface area contributed by atoms with Crippen molar-refractivity contribution in [1.82, 2.24) is 25.1 Å². The average Bonchev–Trinajstić information content (AvgIpc) is 3.05. The van der Waals surface area contributed by atoms with Crippen molar-refractivity contribution >= 4 is 17.8 Å². The van der Waals surface area contributed by atoms with E-state index < -0.39 is 18.2 Å². The maximum absolute atomic E-state index is 14.0. The van der Waals surface area contributed by atoms with Crippen LogP contribution in [0.3, 0.4) is 0 Å². The highest BCUT2D eigenvalue weighted by Crippen LogP contribution is 2.30. The third-order valence-corrected chi connectivity index (χ3v) is 7.87. The second-order valence-electron chi connectivity index (χ2n) is 10.9. The van der Waals surface area contributed by atoms with Gasteiger partial charge in [0, 0.05) is 19.5 Å². The van der Waals surface area contributed by atoms with Gasteiger partial charge in [-0.05, 0) is 47.0 Å². The number of hydrazine groups is 1. The number of ether oxygens (including phenoxy) is 1. The van der Waals surface area contributed by atoms with E-state index in [1.165, 1.54) is 45.3 Å². The summed E-state index contributed by atoms with van der Waals surface area (Å²) in [5, 5.41) is 15.7. The Balaban J connectivity index is 1.41. The Hall–Kier alpha value is -5.16. The van der Waals surface area contributed by atoms with Crippen molar-refractivity contribution in [2.24, 2.45) is 0 Å². The van der Waals surface area contributed by atoms with E-state index in [1.54, 1.807) is 29.2 Å². The summed E-state index contributed by atoms with van der Waals surface area (Å²) >= 11 is 0. The number of phenolic OH excluding ortho intramolecular Hbond substituents is 1. The highest BCUT2D eigenvalue weighted by molar-refractivity contribution is 5.92. The van der Waals surface area contributed by atoms with Crippen LogP contribution < -0.4 is 5.32 Å². The van der Waals surface area contributed by atoms with Crippen LogP contribution in [-0.2, 0) is 33.9 Å². The number of amides is 4. The lowest BCUT2D eigenvalue weighted by Gasteiger charge is -2.55. The van der Waals surface area contributed by atoms with Crippen molar-refractivity contribution < 1.29 is 28.6 Å². The van der Waals surface area contributed by atoms with Crippen molar-refractivity contribution in [3.63, 3.8) is 0 Å². The molecule has 3 aromatic carbocycles. The Labute approximate surface area is 261 Å². The number of nitrogens with one attached hydrogen (secondary N) is 1. The molecule has 10 nitrogen and oxygen atoms in total. The first kappa shape index (κ1) is 31.3. The van der Waals surface area contributed by atoms with Crippen LogP contribution in [-0.4, -0.2) is 81.2 Å². The summed E-state index contributed by atoms with van der Waals surface area (Å²) in [4.78, 5) is 44.7. The van der Waals surface area contributed by atoms with Crippen LogP contribution in [0.4, 0.5) is 9.18 Å². The number of hydrogen-bond donors (Lipinski definition) is 2. The first-order chi connectivity index (χ1) is 21.7. The van der Waals surface area contributed by atoms with Gasteiger partial charge in [-0.2, -0.15) is 0 Å². The van der Waals surface area contributed by atoms with Crippen LogP contribution in [0.5, 0.6) is 5.75 Å². The lowest BCUT2D eigenvalue weighted by molar-refractivity contribution is -0.185. The van der Waals surface area contributed by atoms with E-state index in [0.717, 1.165) is 16.7 Å². The maximum atomic E-state index is 14.0. The SMILES string of the molecule is C=CC(=C)N1CC(=O)N2[C@@H](Cc3ccc(O)cc3)C(=O)N(CCOCc3ccc(F)cc3)C[C@@H]2N1C(=O)NCc1ccccc1. The number of piperazine rings is 1. The zero-order valence-electron chi connectivity index (χ0n) is 24.8. The molecule has 0 aromatic heterocycles. The van der Waals surface area contributed by atoms with Crippen molar-refractivity contribution in [1.29, 1.82) is 0 Å². The molecule has 2 aliphatic rings. The summed E-state index contributed by atoms with van der Waals surface area (Å²) < 4.78 is 19.1. The molecule has 11 heteroatoms. The Bertz CT molecular complexity index is 1530. The standard InChI is InChI=1S/C34H36FN5O5/c1-3-24(2)38-22-32(42)39-30(19-25-11-15-29(41)16-12-25)33(43)37(17-18-45-23-27-9-13-28(35)14-10-27)21-31(39)40(38)34(44)36-20-26-7-5-4-6-8-26/h3-16,30-31,41H,1-2,17-23H2,(H,36,44)/t30-,31-/m0/s1. The topological polar surface area (TPSA) is 106 Å². The minimum absolute atomic E-state index is 0.0379. The summed E-state index contributed by atoms with van der Waals surface area (Å²) in [6.07, 6.45) is 0.801. The Kier molecular flexibility index (Phi) is 9.79. The second-order valence-corrected chi connectivity index (χ2v) is 10.9. The molecule has 2 N–H and O–H groups in total. The van der Waals surface area contributed by atoms with Gasteiger partial charge in [0.05, 0.1) is 25.5 Å². The van der Waals surface area contributed by atoms with Crippen LogP contribution in [0.15, 0.2) is 104 Å². The smallest absolute Gasteiger partial charge is 0.338 e. The van der Waals surface area contributed by atoms with E-state index in [4.69, 9.17) is 4.74 Å². The number of hydrogen-bond acceptors (Lipinski definition) is 6. The first-order valence-corrected chi connectivity index (χ1v) is 14.6. The van der Waals surface area contributed by atoms with E-state index >= 15 is 0 Å². The third kappa shape index (κ3) is 7.32. The average molecular weight is 614 g/mol. The fourth-order valence-electron chi connectivity index (χ4n) is 5.53. The van der Waals surface area contributed by atoms with Crippen LogP contribution in [0, 0.1) is 5.82 Å². The number of aromatic hydroxyl groups is 1. The molecule has 2 fully saturated rings. The number of rotatable bonds is 11. The number of nitrogens with zero attached hydrogens (tertiary/aromatic N) is 4. The van der Waals surface area contributed by atoms with Gasteiger partial charge in [-0.3, -0.25) is 14.6 Å². The van der Waals surface area contributed by atoms with Gasteiger partial charge in [0.15, 0.2) is 0 Å². The molecule has 2 heterocycles. The summed E-state index contributed by atoms with van der Waals surface area (Å²) in [5.41, 5.74) is 2.79. The minimum Gasteiger partial charge on any atom is -0.508 e. The molecule has 0 aliphatic carbocycles. The van der Waals surface area contributed by atoms with Crippen molar-refractivity contribution in [3.05, 3.63) is 126 Å². The Morgan fingerprint density at radius 2 is 1.69 bits per heavy atom. The van der Waals surface area contributed by atoms with Gasteiger partial charge < -0.3 is 25.0 Å². The maximum Gasteiger partial charge on any atom is 0.338 e. The predicted molar refractivity (Wildman–Crippen MR) is 165 cm³/mol. The molecule has 0 saturated carbocycles. The molecular formula is C34H36FN5O5. The lowest BCUT2D eigenvalue weighted by atomic mass is 9.98. The van der Waals surface area contributed by atoms with E-state index in [-0.39, 0.29) is 69.2 Å². The Morgan fingerprint density at radius 1 is 1.00 bits per heavy atom. The quantitative estimate of drug-likeness (QED) is 0.252. The zero-order valence-corrected chi connectivity index (χ0v) is 24.8. The van der Waals surface area contributed by atoms with Crippen LogP contribution in [0.2, 0.25) is 0 Å². The number of halogens is 1. The van der Waals surface area contributed by atoms with Gasteiger partial charge in [0.1, 0.15) is 30.3 Å².